The summed E-state index contributed by atoms with van der Waals surface area (Å²) < 4.78 is 0. The molecule has 1 fully saturated rings. The van der Waals surface area contributed by atoms with E-state index in [1.165, 1.54) is 0 Å². The minimum atomic E-state index is -0.297. The molecular formula is C11H22ClN3O2. The number of nitrogens with two attached hydrogens (primary N) is 1. The topological polar surface area (TPSA) is 75.4 Å². The van der Waals surface area contributed by atoms with Gasteiger partial charge in [0, 0.05) is 25.6 Å². The summed E-state index contributed by atoms with van der Waals surface area (Å²) >= 11 is 0. The third-order valence-electron chi connectivity index (χ3n) is 2.85. The van der Waals surface area contributed by atoms with Crippen LogP contribution in [-0.4, -0.2) is 41.9 Å². The van der Waals surface area contributed by atoms with Gasteiger partial charge in [0.1, 0.15) is 6.04 Å². The molecule has 0 saturated carbocycles. The van der Waals surface area contributed by atoms with E-state index in [4.69, 9.17) is 5.73 Å². The molecular weight excluding hydrogens is 242 g/mol. The van der Waals surface area contributed by atoms with E-state index in [-0.39, 0.29) is 36.3 Å². The molecule has 2 unspecified atom stereocenters. The number of piperazine rings is 1. The predicted octanol–water partition coefficient (Wildman–Crippen LogP) is 0.273. The van der Waals surface area contributed by atoms with Gasteiger partial charge in [-0.15, -0.1) is 12.4 Å². The molecule has 1 rings (SSSR count). The molecule has 1 aliphatic rings. The number of nitrogens with zero attached hydrogens (tertiary/aromatic N) is 1. The van der Waals surface area contributed by atoms with E-state index < -0.39 is 0 Å². The quantitative estimate of drug-likeness (QED) is 0.765. The van der Waals surface area contributed by atoms with Crippen molar-refractivity contribution in [3.63, 3.8) is 0 Å². The maximum atomic E-state index is 11.9. The number of carbonyl (C=O) groups excluding carboxylic acids is 2. The van der Waals surface area contributed by atoms with Crippen LogP contribution in [0.3, 0.4) is 0 Å². The minimum Gasteiger partial charge on any atom is -0.353 e. The van der Waals surface area contributed by atoms with E-state index in [0.29, 0.717) is 32.4 Å². The molecule has 0 aliphatic carbocycles. The highest BCUT2D eigenvalue weighted by Gasteiger charge is 2.30. The second-order valence-electron chi connectivity index (χ2n) is 4.32. The lowest BCUT2D eigenvalue weighted by molar-refractivity contribution is -0.143. The number of halogens is 1. The van der Waals surface area contributed by atoms with E-state index in [0.717, 1.165) is 0 Å². The van der Waals surface area contributed by atoms with Crippen molar-refractivity contribution < 1.29 is 9.59 Å². The Hall–Kier alpha value is -0.810. The zero-order valence-corrected chi connectivity index (χ0v) is 11.3. The molecule has 0 aromatic heterocycles. The van der Waals surface area contributed by atoms with Gasteiger partial charge < -0.3 is 16.0 Å². The fraction of sp³-hybridized carbons (Fsp3) is 0.818. The summed E-state index contributed by atoms with van der Waals surface area (Å²) in [5, 5.41) is 2.78. The Balaban J connectivity index is 0.00000256. The number of rotatable bonds is 4. The molecule has 0 spiro atoms. The Morgan fingerprint density at radius 3 is 2.82 bits per heavy atom. The summed E-state index contributed by atoms with van der Waals surface area (Å²) in [6, 6.07) is -0.267. The van der Waals surface area contributed by atoms with Crippen LogP contribution in [0.5, 0.6) is 0 Å². The lowest BCUT2D eigenvalue weighted by Crippen LogP contribution is -2.56. The molecule has 3 N–H and O–H groups in total. The van der Waals surface area contributed by atoms with Crippen LogP contribution in [0.15, 0.2) is 0 Å². The summed E-state index contributed by atoms with van der Waals surface area (Å²) in [7, 11) is 0. The van der Waals surface area contributed by atoms with Crippen LogP contribution < -0.4 is 11.1 Å². The van der Waals surface area contributed by atoms with Gasteiger partial charge >= 0.3 is 0 Å². The zero-order valence-electron chi connectivity index (χ0n) is 10.4. The van der Waals surface area contributed by atoms with Gasteiger partial charge in [-0.25, -0.2) is 0 Å². The van der Waals surface area contributed by atoms with Crippen LogP contribution >= 0.6 is 12.4 Å². The van der Waals surface area contributed by atoms with E-state index in [9.17, 15) is 9.59 Å². The molecule has 1 saturated heterocycles. The number of carbonyl (C=O) groups is 2. The minimum absolute atomic E-state index is 0. The first-order chi connectivity index (χ1) is 7.56. The number of nitrogens with one attached hydrogen (secondary N) is 1. The van der Waals surface area contributed by atoms with Crippen LogP contribution in [0.1, 0.15) is 33.1 Å². The number of hydrogen-bond acceptors (Lipinski definition) is 3. The molecule has 2 amide bonds. The Morgan fingerprint density at radius 1 is 1.65 bits per heavy atom. The van der Waals surface area contributed by atoms with Crippen LogP contribution in [0.4, 0.5) is 0 Å². The van der Waals surface area contributed by atoms with Crippen molar-refractivity contribution in [1.82, 2.24) is 10.2 Å². The van der Waals surface area contributed by atoms with Gasteiger partial charge in [0.25, 0.3) is 0 Å². The first-order valence-electron chi connectivity index (χ1n) is 5.89. The average Bonchev–Trinajstić information content (AvgIpc) is 2.25. The standard InChI is InChI=1S/C11H21N3O2.ClH/c1-3-9-11(16)13-6-7-14(9)10(15)5-4-8(2)12;/h8-9H,3-7,12H2,1-2H3,(H,13,16);1H. The lowest BCUT2D eigenvalue weighted by atomic mass is 10.1. The predicted molar refractivity (Wildman–Crippen MR) is 68.9 cm³/mol. The third-order valence-corrected chi connectivity index (χ3v) is 2.85. The van der Waals surface area contributed by atoms with Gasteiger partial charge in [-0.1, -0.05) is 6.92 Å². The van der Waals surface area contributed by atoms with Gasteiger partial charge in [-0.3, -0.25) is 9.59 Å². The van der Waals surface area contributed by atoms with E-state index in [2.05, 4.69) is 5.32 Å². The van der Waals surface area contributed by atoms with Gasteiger partial charge in [-0.2, -0.15) is 0 Å². The molecule has 6 heteroatoms. The maximum absolute atomic E-state index is 11.9. The monoisotopic (exact) mass is 263 g/mol. The van der Waals surface area contributed by atoms with Gasteiger partial charge in [0.2, 0.25) is 11.8 Å². The van der Waals surface area contributed by atoms with Crippen LogP contribution in [0, 0.1) is 0 Å². The normalized spacial score (nSPS) is 21.5. The second-order valence-corrected chi connectivity index (χ2v) is 4.32. The summed E-state index contributed by atoms with van der Waals surface area (Å²) in [5.74, 6) is 0.00176. The highest BCUT2D eigenvalue weighted by Crippen LogP contribution is 2.11. The van der Waals surface area contributed by atoms with Crippen LogP contribution in [-0.2, 0) is 9.59 Å². The van der Waals surface area contributed by atoms with E-state index >= 15 is 0 Å². The Bertz CT molecular complexity index is 271. The highest BCUT2D eigenvalue weighted by atomic mass is 35.5. The summed E-state index contributed by atoms with van der Waals surface area (Å²) in [4.78, 5) is 25.1. The molecule has 1 heterocycles. The molecule has 0 aromatic rings. The van der Waals surface area contributed by atoms with E-state index in [1.807, 2.05) is 13.8 Å². The van der Waals surface area contributed by atoms with Gasteiger partial charge in [-0.05, 0) is 19.8 Å². The van der Waals surface area contributed by atoms with Crippen molar-refractivity contribution >= 4 is 24.2 Å². The van der Waals surface area contributed by atoms with Crippen molar-refractivity contribution in [3.05, 3.63) is 0 Å². The number of amides is 2. The average molecular weight is 264 g/mol. The smallest absolute Gasteiger partial charge is 0.242 e. The molecule has 1 aliphatic heterocycles. The largest absolute Gasteiger partial charge is 0.353 e. The molecule has 0 bridgehead atoms. The maximum Gasteiger partial charge on any atom is 0.242 e. The Labute approximate surface area is 109 Å². The summed E-state index contributed by atoms with van der Waals surface area (Å²) in [6.07, 6.45) is 1.77. The molecule has 5 nitrogen and oxygen atoms in total. The second kappa shape index (κ2) is 7.50. The van der Waals surface area contributed by atoms with Crippen LogP contribution in [0.25, 0.3) is 0 Å². The number of hydrogen-bond donors (Lipinski definition) is 2. The summed E-state index contributed by atoms with van der Waals surface area (Å²) in [5.41, 5.74) is 5.61. The fourth-order valence-corrected chi connectivity index (χ4v) is 1.91. The van der Waals surface area contributed by atoms with Crippen molar-refractivity contribution in [1.29, 1.82) is 0 Å². The molecule has 0 aromatic carbocycles. The van der Waals surface area contributed by atoms with E-state index in [1.54, 1.807) is 4.90 Å². The molecule has 17 heavy (non-hydrogen) atoms. The molecule has 100 valence electrons. The Kier molecular flexibility index (Phi) is 7.15. The fourth-order valence-electron chi connectivity index (χ4n) is 1.91. The zero-order chi connectivity index (χ0) is 12.1. The van der Waals surface area contributed by atoms with Gasteiger partial charge in [0.05, 0.1) is 0 Å². The van der Waals surface area contributed by atoms with Gasteiger partial charge in [0.15, 0.2) is 0 Å². The first kappa shape index (κ1) is 16.2. The van der Waals surface area contributed by atoms with Crippen LogP contribution in [0.2, 0.25) is 0 Å². The van der Waals surface area contributed by atoms with Crippen molar-refractivity contribution in [2.45, 2.75) is 45.2 Å². The van der Waals surface area contributed by atoms with Crippen molar-refractivity contribution in [2.75, 3.05) is 13.1 Å². The van der Waals surface area contributed by atoms with Crippen molar-refractivity contribution in [2.24, 2.45) is 5.73 Å². The highest BCUT2D eigenvalue weighted by molar-refractivity contribution is 5.88. The first-order valence-corrected chi connectivity index (χ1v) is 5.89. The SMILES string of the molecule is CCC1C(=O)NCCN1C(=O)CCC(C)N.Cl. The molecule has 0 radical (unpaired) electrons. The summed E-state index contributed by atoms with van der Waals surface area (Å²) in [6.45, 7) is 4.97. The lowest BCUT2D eigenvalue weighted by Gasteiger charge is -2.34. The molecule has 2 atom stereocenters. The third kappa shape index (κ3) is 4.52. The van der Waals surface area contributed by atoms with Crippen molar-refractivity contribution in [3.8, 4) is 0 Å². The Morgan fingerprint density at radius 2 is 2.29 bits per heavy atom.